The number of benzene rings is 2. The number of aliphatic imine (C=N–C) groups is 2. The Balaban J connectivity index is 0.000000798. The zero-order chi connectivity index (χ0) is 29.8. The first-order valence-corrected chi connectivity index (χ1v) is 14.5. The van der Waals surface area contributed by atoms with Crippen LogP contribution in [0, 0.1) is 0 Å². The standard InChI is InChI=1S/C19H19Cl2FN6O4S.C2H6O3S/c1-19(2)27-17(23)26-18(24)28(19)11-4-6-14(13(21)8-11)32-9-16(29)25-10-3-5-12(20)15(7-10)33(22,30)31;1-2-6(3,4)5/h3-8H,9H2,1-2H3,(H,25,29)(H4,23,24,26,27);2H2,1H3,(H,3,4,5). The maximum Gasteiger partial charge on any atom is 0.333 e. The number of carbonyl (C=O) groups excluding carboxylic acids is 1. The molecule has 39 heavy (non-hydrogen) atoms. The van der Waals surface area contributed by atoms with Crippen molar-refractivity contribution in [2.75, 3.05) is 22.6 Å². The monoisotopic (exact) mass is 626 g/mol. The van der Waals surface area contributed by atoms with Gasteiger partial charge in [0.25, 0.3) is 16.0 Å². The summed E-state index contributed by atoms with van der Waals surface area (Å²) in [5.74, 6) is -0.450. The highest BCUT2D eigenvalue weighted by atomic mass is 35.5. The smallest absolute Gasteiger partial charge is 0.333 e. The third kappa shape index (κ3) is 9.21. The molecule has 18 heteroatoms. The lowest BCUT2D eigenvalue weighted by Gasteiger charge is -2.38. The van der Waals surface area contributed by atoms with Gasteiger partial charge < -0.3 is 21.5 Å². The summed E-state index contributed by atoms with van der Waals surface area (Å²) in [6.45, 7) is 4.50. The van der Waals surface area contributed by atoms with Crippen molar-refractivity contribution in [1.82, 2.24) is 0 Å². The van der Waals surface area contributed by atoms with Crippen LogP contribution in [0.25, 0.3) is 0 Å². The fourth-order valence-electron chi connectivity index (χ4n) is 3.11. The Morgan fingerprint density at radius 2 is 1.74 bits per heavy atom. The summed E-state index contributed by atoms with van der Waals surface area (Å²) in [7, 11) is -8.71. The minimum atomic E-state index is -5.05. The number of hydrogen-bond acceptors (Lipinski definition) is 11. The molecule has 1 aliphatic heterocycles. The van der Waals surface area contributed by atoms with Crippen molar-refractivity contribution in [3.8, 4) is 5.75 Å². The van der Waals surface area contributed by atoms with E-state index in [9.17, 15) is 25.5 Å². The number of nitrogens with one attached hydrogen (secondary N) is 1. The first kappa shape index (κ1) is 32.0. The summed E-state index contributed by atoms with van der Waals surface area (Å²) in [6.07, 6.45) is 0. The lowest BCUT2D eigenvalue weighted by atomic mass is 10.1. The van der Waals surface area contributed by atoms with Gasteiger partial charge in [0.05, 0.1) is 15.8 Å². The average Bonchev–Trinajstić information content (AvgIpc) is 2.77. The van der Waals surface area contributed by atoms with Gasteiger partial charge in [-0.05, 0) is 57.2 Å². The van der Waals surface area contributed by atoms with Gasteiger partial charge in [-0.1, -0.05) is 23.2 Å². The number of amides is 1. The normalized spacial score (nSPS) is 14.9. The molecule has 3 rings (SSSR count). The Morgan fingerprint density at radius 1 is 1.13 bits per heavy atom. The van der Waals surface area contributed by atoms with E-state index in [1.807, 2.05) is 0 Å². The van der Waals surface area contributed by atoms with Crippen LogP contribution in [0.1, 0.15) is 20.8 Å². The van der Waals surface area contributed by atoms with Crippen molar-refractivity contribution in [2.24, 2.45) is 21.5 Å². The van der Waals surface area contributed by atoms with E-state index in [1.165, 1.54) is 19.1 Å². The molecule has 0 saturated heterocycles. The van der Waals surface area contributed by atoms with Gasteiger partial charge in [0, 0.05) is 11.4 Å². The van der Waals surface area contributed by atoms with Crippen molar-refractivity contribution in [3.05, 3.63) is 46.4 Å². The number of guanidine groups is 2. The maximum atomic E-state index is 13.3. The second kappa shape index (κ2) is 12.3. The highest BCUT2D eigenvalue weighted by molar-refractivity contribution is 7.86. The van der Waals surface area contributed by atoms with Gasteiger partial charge in [0.2, 0.25) is 11.9 Å². The molecule has 1 heterocycles. The number of carbonyl (C=O) groups is 1. The third-order valence-corrected chi connectivity index (χ3v) is 7.10. The van der Waals surface area contributed by atoms with Gasteiger partial charge in [0.15, 0.2) is 6.61 Å². The van der Waals surface area contributed by atoms with Gasteiger partial charge in [0.1, 0.15) is 16.3 Å². The van der Waals surface area contributed by atoms with Crippen LogP contribution in [-0.2, 0) is 25.1 Å². The summed E-state index contributed by atoms with van der Waals surface area (Å²) >= 11 is 12.0. The highest BCUT2D eigenvalue weighted by Gasteiger charge is 2.33. The van der Waals surface area contributed by atoms with Gasteiger partial charge in [-0.25, -0.2) is 4.99 Å². The number of nitrogens with zero attached hydrogens (tertiary/aromatic N) is 3. The Labute approximate surface area is 234 Å². The first-order chi connectivity index (χ1) is 17.8. The molecule has 0 fully saturated rings. The van der Waals surface area contributed by atoms with E-state index < -0.39 is 43.4 Å². The highest BCUT2D eigenvalue weighted by Crippen LogP contribution is 2.34. The molecule has 1 amide bonds. The van der Waals surface area contributed by atoms with E-state index in [-0.39, 0.29) is 39.2 Å². The van der Waals surface area contributed by atoms with Crippen LogP contribution in [0.4, 0.5) is 15.3 Å². The lowest BCUT2D eigenvalue weighted by molar-refractivity contribution is -0.118. The van der Waals surface area contributed by atoms with Crippen LogP contribution in [0.3, 0.4) is 0 Å². The number of anilines is 2. The summed E-state index contributed by atoms with van der Waals surface area (Å²) in [5, 5.41) is 2.26. The van der Waals surface area contributed by atoms with Crippen LogP contribution < -0.4 is 26.4 Å². The van der Waals surface area contributed by atoms with Crippen LogP contribution in [0.2, 0.25) is 10.0 Å². The third-order valence-electron chi connectivity index (χ3n) is 4.77. The predicted octanol–water partition coefficient (Wildman–Crippen LogP) is 2.75. The second-order valence-corrected chi connectivity index (χ2v) is 12.0. The molecule has 0 aromatic heterocycles. The Hall–Kier alpha value is -3.18. The Kier molecular flexibility index (Phi) is 10.1. The Bertz CT molecular complexity index is 1530. The fourth-order valence-corrected chi connectivity index (χ4v) is 4.30. The van der Waals surface area contributed by atoms with E-state index in [4.69, 9.17) is 44.0 Å². The van der Waals surface area contributed by atoms with Crippen LogP contribution in [0.15, 0.2) is 51.3 Å². The van der Waals surface area contributed by atoms with Gasteiger partial charge in [-0.15, -0.1) is 3.89 Å². The SMILES string of the molecule is CC1(C)N=C(N)N=C(N)N1c1ccc(OCC(=O)Nc2ccc(Cl)c(S(=O)(=O)F)c2)c(Cl)c1.CCS(=O)(=O)O. The van der Waals surface area contributed by atoms with Crippen LogP contribution in [0.5, 0.6) is 5.75 Å². The Morgan fingerprint density at radius 3 is 2.26 bits per heavy atom. The maximum absolute atomic E-state index is 13.3. The van der Waals surface area contributed by atoms with E-state index in [0.717, 1.165) is 12.1 Å². The predicted molar refractivity (Wildman–Crippen MR) is 147 cm³/mol. The molecule has 0 saturated carbocycles. The second-order valence-electron chi connectivity index (χ2n) is 8.18. The fraction of sp³-hybridized carbons (Fsp3) is 0.286. The molecule has 0 bridgehead atoms. The molecule has 0 spiro atoms. The summed E-state index contributed by atoms with van der Waals surface area (Å²) in [6, 6.07) is 8.11. The van der Waals surface area contributed by atoms with Crippen molar-refractivity contribution in [2.45, 2.75) is 31.3 Å². The number of rotatable bonds is 7. The largest absolute Gasteiger partial charge is 0.482 e. The van der Waals surface area contributed by atoms with Crippen molar-refractivity contribution < 1.29 is 34.8 Å². The molecule has 0 radical (unpaired) electrons. The zero-order valence-corrected chi connectivity index (χ0v) is 23.9. The molecule has 2 aromatic rings. The number of ether oxygens (including phenoxy) is 1. The van der Waals surface area contributed by atoms with Gasteiger partial charge >= 0.3 is 10.2 Å². The molecule has 1 aliphatic rings. The van der Waals surface area contributed by atoms with E-state index in [2.05, 4.69) is 15.3 Å². The molecular formula is C21H25Cl2FN6O7S2. The summed E-state index contributed by atoms with van der Waals surface area (Å²) in [4.78, 5) is 21.3. The molecule has 214 valence electrons. The minimum absolute atomic E-state index is 0.0209. The zero-order valence-electron chi connectivity index (χ0n) is 20.7. The molecule has 6 N–H and O–H groups in total. The molecule has 13 nitrogen and oxygen atoms in total. The van der Waals surface area contributed by atoms with Crippen molar-refractivity contribution >= 4 is 72.7 Å². The molecular weight excluding hydrogens is 602 g/mol. The van der Waals surface area contributed by atoms with Crippen LogP contribution in [-0.4, -0.2) is 57.2 Å². The minimum Gasteiger partial charge on any atom is -0.482 e. The van der Waals surface area contributed by atoms with E-state index in [1.54, 1.807) is 30.9 Å². The number of hydrogen-bond donors (Lipinski definition) is 4. The summed E-state index contributed by atoms with van der Waals surface area (Å²) < 4.78 is 67.9. The number of halogens is 3. The first-order valence-electron chi connectivity index (χ1n) is 10.8. The van der Waals surface area contributed by atoms with Gasteiger partial charge in [-0.2, -0.15) is 21.8 Å². The number of nitrogens with two attached hydrogens (primary N) is 2. The van der Waals surface area contributed by atoms with Crippen molar-refractivity contribution in [3.63, 3.8) is 0 Å². The van der Waals surface area contributed by atoms with E-state index in [0.29, 0.717) is 5.69 Å². The van der Waals surface area contributed by atoms with Crippen LogP contribution >= 0.6 is 23.2 Å². The van der Waals surface area contributed by atoms with Gasteiger partial charge in [-0.3, -0.25) is 14.2 Å². The molecule has 2 aromatic carbocycles. The molecule has 0 unspecified atom stereocenters. The van der Waals surface area contributed by atoms with Crippen molar-refractivity contribution in [1.29, 1.82) is 0 Å². The quantitative estimate of drug-likeness (QED) is 0.261. The molecule has 0 aliphatic carbocycles. The van der Waals surface area contributed by atoms with E-state index >= 15 is 0 Å². The average molecular weight is 628 g/mol. The lowest BCUT2D eigenvalue weighted by Crippen LogP contribution is -2.54. The molecule has 0 atom stereocenters. The summed E-state index contributed by atoms with van der Waals surface area (Å²) in [5.41, 5.74) is 11.5. The topological polar surface area (TPSA) is 207 Å².